The van der Waals surface area contributed by atoms with E-state index in [1.807, 2.05) is 11.0 Å². The zero-order valence-electron chi connectivity index (χ0n) is 13.1. The lowest BCUT2D eigenvalue weighted by molar-refractivity contribution is 0.0251. The fourth-order valence-electron chi connectivity index (χ4n) is 3.10. The Balaban J connectivity index is 2.14. The summed E-state index contributed by atoms with van der Waals surface area (Å²) in [5, 5.41) is 9.68. The third kappa shape index (κ3) is 3.62. The number of likely N-dealkylation sites (tertiary alicyclic amines) is 1. The summed E-state index contributed by atoms with van der Waals surface area (Å²) in [5.74, 6) is 0.0701. The van der Waals surface area contributed by atoms with Gasteiger partial charge in [0.25, 0.3) is 5.91 Å². The van der Waals surface area contributed by atoms with Crippen molar-refractivity contribution in [1.29, 1.82) is 0 Å². The van der Waals surface area contributed by atoms with Gasteiger partial charge in [-0.3, -0.25) is 9.78 Å². The van der Waals surface area contributed by atoms with Gasteiger partial charge in [-0.1, -0.05) is 20.3 Å². The van der Waals surface area contributed by atoms with E-state index < -0.39 is 0 Å². The molecule has 21 heavy (non-hydrogen) atoms. The van der Waals surface area contributed by atoms with E-state index in [1.54, 1.807) is 12.3 Å². The topological polar surface area (TPSA) is 53.4 Å². The number of aliphatic hydroxyl groups excluding tert-OH is 1. The fraction of sp³-hybridized carbons (Fsp3) is 0.647. The number of aromatic nitrogens is 1. The first-order valence-corrected chi connectivity index (χ1v) is 7.99. The third-order valence-corrected chi connectivity index (χ3v) is 4.60. The van der Waals surface area contributed by atoms with E-state index in [0.29, 0.717) is 6.54 Å². The molecule has 4 heteroatoms. The van der Waals surface area contributed by atoms with Gasteiger partial charge in [0.1, 0.15) is 0 Å². The number of amides is 1. The van der Waals surface area contributed by atoms with Crippen LogP contribution in [0.3, 0.4) is 0 Å². The second kappa shape index (κ2) is 7.03. The Kier molecular flexibility index (Phi) is 5.34. The Morgan fingerprint density at radius 2 is 2.29 bits per heavy atom. The lowest BCUT2D eigenvalue weighted by Gasteiger charge is -2.41. The van der Waals surface area contributed by atoms with Crippen LogP contribution in [0.4, 0.5) is 0 Å². The summed E-state index contributed by atoms with van der Waals surface area (Å²) in [6, 6.07) is 3.70. The molecule has 0 saturated carbocycles. The highest BCUT2D eigenvalue weighted by Gasteiger charge is 2.35. The van der Waals surface area contributed by atoms with Gasteiger partial charge in [-0.05, 0) is 37.8 Å². The van der Waals surface area contributed by atoms with Crippen LogP contribution in [0.2, 0.25) is 0 Å². The van der Waals surface area contributed by atoms with Crippen LogP contribution < -0.4 is 0 Å². The molecule has 1 N–H and O–H groups in total. The van der Waals surface area contributed by atoms with Crippen LogP contribution in [0.5, 0.6) is 0 Å². The second-order valence-corrected chi connectivity index (χ2v) is 6.13. The summed E-state index contributed by atoms with van der Waals surface area (Å²) >= 11 is 0. The molecule has 0 aromatic carbocycles. The molecule has 4 nitrogen and oxygen atoms in total. The van der Waals surface area contributed by atoms with Crippen molar-refractivity contribution in [3.05, 3.63) is 29.6 Å². The van der Waals surface area contributed by atoms with Crippen LogP contribution in [0.1, 0.15) is 55.6 Å². The number of aryl methyl sites for hydroxylation is 1. The highest BCUT2D eigenvalue weighted by Crippen LogP contribution is 2.33. The van der Waals surface area contributed by atoms with Gasteiger partial charge in [0, 0.05) is 36.0 Å². The Labute approximate surface area is 127 Å². The molecule has 1 aliphatic heterocycles. The maximum atomic E-state index is 12.7. The SMILES string of the molecule is CCCc1cc(C(=O)N2CCC[C@](CC)(CO)C2)ccn1. The highest BCUT2D eigenvalue weighted by molar-refractivity contribution is 5.94. The van der Waals surface area contributed by atoms with Gasteiger partial charge in [-0.15, -0.1) is 0 Å². The first kappa shape index (κ1) is 16.0. The number of nitrogens with zero attached hydrogens (tertiary/aromatic N) is 2. The van der Waals surface area contributed by atoms with Crippen LogP contribution in [-0.2, 0) is 6.42 Å². The zero-order chi connectivity index (χ0) is 15.3. The lowest BCUT2D eigenvalue weighted by atomic mass is 9.78. The van der Waals surface area contributed by atoms with Crippen molar-refractivity contribution < 1.29 is 9.90 Å². The Bertz CT molecular complexity index is 483. The molecule has 1 saturated heterocycles. The molecule has 0 aliphatic carbocycles. The number of hydrogen-bond donors (Lipinski definition) is 1. The number of rotatable bonds is 5. The van der Waals surface area contributed by atoms with Gasteiger partial charge in [-0.2, -0.15) is 0 Å². The first-order valence-electron chi connectivity index (χ1n) is 7.99. The van der Waals surface area contributed by atoms with Crippen molar-refractivity contribution in [2.24, 2.45) is 5.41 Å². The summed E-state index contributed by atoms with van der Waals surface area (Å²) in [5.41, 5.74) is 1.58. The van der Waals surface area contributed by atoms with Crippen molar-refractivity contribution in [3.63, 3.8) is 0 Å². The molecule has 0 bridgehead atoms. The van der Waals surface area contributed by atoms with Crippen LogP contribution in [0.15, 0.2) is 18.3 Å². The van der Waals surface area contributed by atoms with Crippen LogP contribution in [-0.4, -0.2) is 40.6 Å². The average Bonchev–Trinajstić information content (AvgIpc) is 2.54. The summed E-state index contributed by atoms with van der Waals surface area (Å²) in [4.78, 5) is 18.9. The molecule has 1 aromatic rings. The number of pyridine rings is 1. The maximum absolute atomic E-state index is 12.7. The number of aliphatic hydroxyl groups is 1. The Morgan fingerprint density at radius 3 is 2.95 bits per heavy atom. The number of piperidine rings is 1. The molecule has 0 spiro atoms. The zero-order valence-corrected chi connectivity index (χ0v) is 13.1. The van der Waals surface area contributed by atoms with E-state index in [1.165, 1.54) is 0 Å². The second-order valence-electron chi connectivity index (χ2n) is 6.13. The third-order valence-electron chi connectivity index (χ3n) is 4.60. The molecular formula is C17H26N2O2. The van der Waals surface area contributed by atoms with Gasteiger partial charge in [-0.25, -0.2) is 0 Å². The van der Waals surface area contributed by atoms with E-state index >= 15 is 0 Å². The first-order chi connectivity index (χ1) is 10.1. The van der Waals surface area contributed by atoms with Crippen molar-refractivity contribution in [1.82, 2.24) is 9.88 Å². The number of hydrogen-bond acceptors (Lipinski definition) is 3. The number of carbonyl (C=O) groups is 1. The van der Waals surface area contributed by atoms with Gasteiger partial charge < -0.3 is 10.0 Å². The summed E-state index contributed by atoms with van der Waals surface area (Å²) in [6.07, 6.45) is 6.52. The quantitative estimate of drug-likeness (QED) is 0.907. The van der Waals surface area contributed by atoms with Crippen LogP contribution >= 0.6 is 0 Å². The molecule has 1 atom stereocenters. The molecule has 1 aromatic heterocycles. The minimum absolute atomic E-state index is 0.0701. The Hall–Kier alpha value is -1.42. The minimum Gasteiger partial charge on any atom is -0.396 e. The molecule has 1 amide bonds. The van der Waals surface area contributed by atoms with E-state index in [0.717, 1.165) is 49.9 Å². The van der Waals surface area contributed by atoms with E-state index in [2.05, 4.69) is 18.8 Å². The van der Waals surface area contributed by atoms with Gasteiger partial charge in [0.2, 0.25) is 0 Å². The molecule has 1 fully saturated rings. The largest absolute Gasteiger partial charge is 0.396 e. The summed E-state index contributed by atoms with van der Waals surface area (Å²) < 4.78 is 0. The molecule has 0 unspecified atom stereocenters. The predicted molar refractivity (Wildman–Crippen MR) is 83.2 cm³/mol. The monoisotopic (exact) mass is 290 g/mol. The fourth-order valence-corrected chi connectivity index (χ4v) is 3.10. The maximum Gasteiger partial charge on any atom is 0.253 e. The lowest BCUT2D eigenvalue weighted by Crippen LogP contribution is -2.47. The normalized spacial score (nSPS) is 22.3. The van der Waals surface area contributed by atoms with E-state index in [9.17, 15) is 9.90 Å². The van der Waals surface area contributed by atoms with Crippen molar-refractivity contribution in [2.75, 3.05) is 19.7 Å². The molecule has 1 aliphatic rings. The van der Waals surface area contributed by atoms with Gasteiger partial charge >= 0.3 is 0 Å². The minimum atomic E-state index is -0.118. The Morgan fingerprint density at radius 1 is 1.48 bits per heavy atom. The van der Waals surface area contributed by atoms with Gasteiger partial charge in [0.15, 0.2) is 0 Å². The highest BCUT2D eigenvalue weighted by atomic mass is 16.3. The molecule has 2 heterocycles. The van der Waals surface area contributed by atoms with E-state index in [4.69, 9.17) is 0 Å². The predicted octanol–water partition coefficient (Wildman–Crippen LogP) is 2.66. The number of carbonyl (C=O) groups excluding carboxylic acids is 1. The summed E-state index contributed by atoms with van der Waals surface area (Å²) in [6.45, 7) is 5.80. The molecular weight excluding hydrogens is 264 g/mol. The van der Waals surface area contributed by atoms with Crippen molar-refractivity contribution >= 4 is 5.91 Å². The van der Waals surface area contributed by atoms with Gasteiger partial charge in [0.05, 0.1) is 6.61 Å². The summed E-state index contributed by atoms with van der Waals surface area (Å²) in [7, 11) is 0. The van der Waals surface area contributed by atoms with Crippen LogP contribution in [0.25, 0.3) is 0 Å². The molecule has 116 valence electrons. The van der Waals surface area contributed by atoms with Crippen molar-refractivity contribution in [3.8, 4) is 0 Å². The molecule has 2 rings (SSSR count). The molecule has 0 radical (unpaired) electrons. The van der Waals surface area contributed by atoms with E-state index in [-0.39, 0.29) is 17.9 Å². The standard InChI is InChI=1S/C17H26N2O2/c1-3-6-15-11-14(7-9-18-15)16(21)19-10-5-8-17(4-2,12-19)13-20/h7,9,11,20H,3-6,8,10,12-13H2,1-2H3/t17-/m0/s1. The van der Waals surface area contributed by atoms with Crippen LogP contribution in [0, 0.1) is 5.41 Å². The average molecular weight is 290 g/mol. The van der Waals surface area contributed by atoms with Crippen molar-refractivity contribution in [2.45, 2.75) is 46.0 Å². The smallest absolute Gasteiger partial charge is 0.253 e.